The van der Waals surface area contributed by atoms with E-state index < -0.39 is 0 Å². The number of benzene rings is 2. The molecule has 0 spiro atoms. The van der Waals surface area contributed by atoms with Crippen molar-refractivity contribution in [1.29, 1.82) is 0 Å². The summed E-state index contributed by atoms with van der Waals surface area (Å²) in [6.07, 6.45) is 11.2. The minimum atomic E-state index is 0.642. The molecule has 278 valence electrons. The zero-order valence-electron chi connectivity index (χ0n) is 30.9. The summed E-state index contributed by atoms with van der Waals surface area (Å²) in [7, 11) is 1.70. The Morgan fingerprint density at radius 2 is 0.849 bits per heavy atom. The van der Waals surface area contributed by atoms with Gasteiger partial charge in [-0.15, -0.1) is 45.3 Å². The third kappa shape index (κ3) is 12.4. The SMILES string of the molecule is CCCCCCOCCOCCc1ccc(-c2ccc(-c3ccc(C=Cc4ccc(-c5ccc(-c6ccc(CCOCCOC)s6)s5)cc4)cc3)s2)s1. The highest BCUT2D eigenvalue weighted by molar-refractivity contribution is 7.24. The molecule has 6 rings (SSSR count). The Bertz CT molecular complexity index is 1940. The van der Waals surface area contributed by atoms with Gasteiger partial charge in [0.2, 0.25) is 0 Å². The first-order valence-corrected chi connectivity index (χ1v) is 21.9. The second kappa shape index (κ2) is 21.6. The summed E-state index contributed by atoms with van der Waals surface area (Å²) in [6, 6.07) is 35.6. The highest BCUT2D eigenvalue weighted by Gasteiger charge is 2.10. The van der Waals surface area contributed by atoms with Gasteiger partial charge in [-0.2, -0.15) is 0 Å². The van der Waals surface area contributed by atoms with E-state index in [0.717, 1.165) is 39.1 Å². The van der Waals surface area contributed by atoms with Crippen molar-refractivity contribution in [1.82, 2.24) is 0 Å². The second-order valence-electron chi connectivity index (χ2n) is 12.8. The number of hydrogen-bond donors (Lipinski definition) is 0. The van der Waals surface area contributed by atoms with Crippen LogP contribution in [0, 0.1) is 0 Å². The van der Waals surface area contributed by atoms with E-state index in [2.05, 4.69) is 116 Å². The van der Waals surface area contributed by atoms with Crippen molar-refractivity contribution in [2.24, 2.45) is 0 Å². The standard InChI is InChI=1S/C45H50O4S4/c1-3-4-5-6-27-47-32-33-49-29-26-39-18-20-43(51-39)45-24-22-41(53-45)37-15-11-35(12-16-37)8-7-34-9-13-36(14-10-34)40-21-23-44(52-40)42-19-17-38(50-42)25-28-48-31-30-46-2/h7-24H,3-6,25-33H2,1-2H3. The molecule has 4 nitrogen and oxygen atoms in total. The van der Waals surface area contributed by atoms with Crippen molar-refractivity contribution in [2.45, 2.75) is 45.4 Å². The van der Waals surface area contributed by atoms with Gasteiger partial charge < -0.3 is 18.9 Å². The molecular weight excluding hydrogens is 733 g/mol. The Kier molecular flexibility index (Phi) is 16.1. The first kappa shape index (κ1) is 39.5. The quantitative estimate of drug-likeness (QED) is 0.0479. The molecule has 0 amide bonds. The van der Waals surface area contributed by atoms with Crippen molar-refractivity contribution in [3.05, 3.63) is 118 Å². The Labute approximate surface area is 331 Å². The van der Waals surface area contributed by atoms with Crippen LogP contribution >= 0.6 is 45.3 Å². The minimum Gasteiger partial charge on any atom is -0.382 e. The van der Waals surface area contributed by atoms with E-state index in [1.54, 1.807) is 7.11 Å². The van der Waals surface area contributed by atoms with Crippen molar-refractivity contribution < 1.29 is 18.9 Å². The van der Waals surface area contributed by atoms with Gasteiger partial charge in [-0.05, 0) is 77.2 Å². The summed E-state index contributed by atoms with van der Waals surface area (Å²) in [5.74, 6) is 0. The first-order valence-electron chi connectivity index (χ1n) is 18.7. The maximum atomic E-state index is 5.82. The van der Waals surface area contributed by atoms with Crippen LogP contribution in [-0.2, 0) is 31.8 Å². The molecule has 0 aliphatic carbocycles. The van der Waals surface area contributed by atoms with Crippen molar-refractivity contribution in [3.63, 3.8) is 0 Å². The monoisotopic (exact) mass is 782 g/mol. The van der Waals surface area contributed by atoms with Crippen LogP contribution in [0.15, 0.2) is 97.1 Å². The lowest BCUT2D eigenvalue weighted by molar-refractivity contribution is 0.0476. The van der Waals surface area contributed by atoms with Gasteiger partial charge in [0.15, 0.2) is 0 Å². The number of ether oxygens (including phenoxy) is 4. The van der Waals surface area contributed by atoms with Crippen molar-refractivity contribution in [3.8, 4) is 40.4 Å². The maximum absolute atomic E-state index is 5.82. The molecule has 6 aromatic rings. The smallest absolute Gasteiger partial charge is 0.0700 e. The van der Waals surface area contributed by atoms with E-state index in [9.17, 15) is 0 Å². The first-order chi connectivity index (χ1) is 26.2. The molecule has 0 N–H and O–H groups in total. The summed E-state index contributed by atoms with van der Waals surface area (Å²) in [5, 5.41) is 0. The van der Waals surface area contributed by atoms with Crippen LogP contribution < -0.4 is 0 Å². The van der Waals surface area contributed by atoms with Crippen LogP contribution in [0.3, 0.4) is 0 Å². The lowest BCUT2D eigenvalue weighted by Crippen LogP contribution is -2.07. The van der Waals surface area contributed by atoms with E-state index in [-0.39, 0.29) is 0 Å². The number of hydrogen-bond acceptors (Lipinski definition) is 8. The van der Waals surface area contributed by atoms with Gasteiger partial charge >= 0.3 is 0 Å². The van der Waals surface area contributed by atoms with Crippen LogP contribution in [0.25, 0.3) is 52.5 Å². The third-order valence-electron chi connectivity index (χ3n) is 8.81. The highest BCUT2D eigenvalue weighted by atomic mass is 32.1. The van der Waals surface area contributed by atoms with Crippen LogP contribution in [0.1, 0.15) is 53.5 Å². The third-order valence-corrected chi connectivity index (χ3v) is 13.8. The molecule has 4 aromatic heterocycles. The Hall–Kier alpha value is -3.18. The number of methoxy groups -OCH3 is 1. The molecule has 4 heterocycles. The number of thiophene rings is 4. The zero-order valence-corrected chi connectivity index (χ0v) is 34.1. The fourth-order valence-electron chi connectivity index (χ4n) is 5.79. The Morgan fingerprint density at radius 1 is 0.415 bits per heavy atom. The molecule has 0 unspecified atom stereocenters. The molecule has 0 saturated carbocycles. The highest BCUT2D eigenvalue weighted by Crippen LogP contribution is 2.39. The van der Waals surface area contributed by atoms with Gasteiger partial charge in [0, 0.05) is 65.6 Å². The van der Waals surface area contributed by atoms with Crippen LogP contribution in [-0.4, -0.2) is 53.4 Å². The largest absolute Gasteiger partial charge is 0.382 e. The lowest BCUT2D eigenvalue weighted by atomic mass is 10.1. The molecular formula is C45H50O4S4. The van der Waals surface area contributed by atoms with Gasteiger partial charge in [-0.25, -0.2) is 0 Å². The molecule has 0 bridgehead atoms. The molecule has 0 aliphatic heterocycles. The maximum Gasteiger partial charge on any atom is 0.0700 e. The van der Waals surface area contributed by atoms with E-state index in [4.69, 9.17) is 18.9 Å². The topological polar surface area (TPSA) is 36.9 Å². The molecule has 0 saturated heterocycles. The van der Waals surface area contributed by atoms with E-state index in [1.807, 2.05) is 45.3 Å². The number of unbranched alkanes of at least 4 members (excludes halogenated alkanes) is 3. The molecule has 0 atom stereocenters. The minimum absolute atomic E-state index is 0.642. The normalized spacial score (nSPS) is 11.7. The summed E-state index contributed by atoms with van der Waals surface area (Å²) in [6.45, 7) is 7.20. The summed E-state index contributed by atoms with van der Waals surface area (Å²) >= 11 is 7.43. The molecule has 0 aliphatic rings. The number of rotatable bonds is 23. The second-order valence-corrected chi connectivity index (χ2v) is 17.3. The van der Waals surface area contributed by atoms with E-state index in [0.29, 0.717) is 26.4 Å². The predicted molar refractivity (Wildman–Crippen MR) is 231 cm³/mol. The average Bonchev–Trinajstić information content (AvgIpc) is 4.03. The van der Waals surface area contributed by atoms with Gasteiger partial charge in [-0.3, -0.25) is 0 Å². The predicted octanol–water partition coefficient (Wildman–Crippen LogP) is 13.1. The Morgan fingerprint density at radius 3 is 1.34 bits per heavy atom. The molecule has 0 radical (unpaired) electrons. The fraction of sp³-hybridized carbons (Fsp3) is 0.333. The van der Waals surface area contributed by atoms with Crippen LogP contribution in [0.5, 0.6) is 0 Å². The van der Waals surface area contributed by atoms with Crippen molar-refractivity contribution in [2.75, 3.05) is 53.4 Å². The molecule has 53 heavy (non-hydrogen) atoms. The fourth-order valence-corrected chi connectivity index (χ4v) is 9.97. The molecule has 2 aromatic carbocycles. The summed E-state index contributed by atoms with van der Waals surface area (Å²) in [5.41, 5.74) is 4.88. The van der Waals surface area contributed by atoms with Gasteiger partial charge in [-0.1, -0.05) is 86.9 Å². The summed E-state index contributed by atoms with van der Waals surface area (Å²) in [4.78, 5) is 10.6. The van der Waals surface area contributed by atoms with E-state index in [1.165, 1.54) is 80.5 Å². The lowest BCUT2D eigenvalue weighted by Gasteiger charge is -2.05. The average molecular weight is 783 g/mol. The van der Waals surface area contributed by atoms with Crippen LogP contribution in [0.2, 0.25) is 0 Å². The zero-order chi connectivity index (χ0) is 36.5. The molecule has 8 heteroatoms. The Balaban J connectivity index is 0.944. The van der Waals surface area contributed by atoms with Crippen LogP contribution in [0.4, 0.5) is 0 Å². The van der Waals surface area contributed by atoms with Gasteiger partial charge in [0.05, 0.1) is 39.6 Å². The summed E-state index contributed by atoms with van der Waals surface area (Å²) < 4.78 is 22.2. The van der Waals surface area contributed by atoms with Crippen molar-refractivity contribution >= 4 is 57.5 Å². The molecule has 0 fully saturated rings. The van der Waals surface area contributed by atoms with Gasteiger partial charge in [0.1, 0.15) is 0 Å². The van der Waals surface area contributed by atoms with Gasteiger partial charge in [0.25, 0.3) is 0 Å². The van der Waals surface area contributed by atoms with E-state index >= 15 is 0 Å².